The van der Waals surface area contributed by atoms with E-state index in [-0.39, 0.29) is 5.97 Å². The van der Waals surface area contributed by atoms with Crippen molar-refractivity contribution in [1.29, 1.82) is 0 Å². The highest BCUT2D eigenvalue weighted by atomic mass is 16.5. The Morgan fingerprint density at radius 3 is 1.94 bits per heavy atom. The topological polar surface area (TPSA) is 35.5 Å². The molecule has 0 saturated heterocycles. The van der Waals surface area contributed by atoms with Crippen LogP contribution in [0.2, 0.25) is 0 Å². The molecule has 0 bridgehead atoms. The Labute approximate surface area is 205 Å². The second kappa shape index (κ2) is 13.6. The van der Waals surface area contributed by atoms with E-state index in [4.69, 9.17) is 9.47 Å². The summed E-state index contributed by atoms with van der Waals surface area (Å²) in [6.45, 7) is 7.44. The Hall–Kier alpha value is -3.07. The van der Waals surface area contributed by atoms with Gasteiger partial charge in [0.1, 0.15) is 11.5 Å². The standard InChI is InChI=1S/C31H38O3/c1-4-6-7-8-9-22-33-29-20-16-27(17-21-29)26-12-14-28(15-13-26)31(32)34-30-18-10-25(11-19-30)23-24(3)5-2/h10-21,24H,4-9,22-23H2,1-3H3. The van der Waals surface area contributed by atoms with E-state index in [2.05, 4.69) is 32.9 Å². The van der Waals surface area contributed by atoms with Crippen molar-refractivity contribution in [3.8, 4) is 22.6 Å². The summed E-state index contributed by atoms with van der Waals surface area (Å²) >= 11 is 0. The molecule has 0 aromatic heterocycles. The van der Waals surface area contributed by atoms with Crippen LogP contribution in [0.3, 0.4) is 0 Å². The summed E-state index contributed by atoms with van der Waals surface area (Å²) in [6.07, 6.45) is 8.37. The van der Waals surface area contributed by atoms with E-state index in [1.54, 1.807) is 0 Å². The Morgan fingerprint density at radius 1 is 0.735 bits per heavy atom. The first kappa shape index (κ1) is 25.6. The quantitative estimate of drug-likeness (QED) is 0.146. The van der Waals surface area contributed by atoms with E-state index in [1.165, 1.54) is 31.2 Å². The largest absolute Gasteiger partial charge is 0.494 e. The van der Waals surface area contributed by atoms with Crippen molar-refractivity contribution in [1.82, 2.24) is 0 Å². The molecule has 1 atom stereocenters. The van der Waals surface area contributed by atoms with Crippen LogP contribution in [0.1, 0.15) is 75.2 Å². The number of ether oxygens (including phenoxy) is 2. The van der Waals surface area contributed by atoms with Crippen molar-refractivity contribution in [2.45, 2.75) is 65.7 Å². The Morgan fingerprint density at radius 2 is 1.32 bits per heavy atom. The number of benzene rings is 3. The average Bonchev–Trinajstić information content (AvgIpc) is 2.87. The zero-order valence-electron chi connectivity index (χ0n) is 20.9. The predicted molar refractivity (Wildman–Crippen MR) is 141 cm³/mol. The number of rotatable bonds is 13. The molecule has 1 unspecified atom stereocenters. The molecule has 0 spiro atoms. The Kier molecular flexibility index (Phi) is 10.2. The maximum absolute atomic E-state index is 12.6. The van der Waals surface area contributed by atoms with Gasteiger partial charge in [-0.05, 0) is 71.8 Å². The van der Waals surface area contributed by atoms with Gasteiger partial charge in [0, 0.05) is 0 Å². The van der Waals surface area contributed by atoms with Crippen LogP contribution in [0.5, 0.6) is 11.5 Å². The summed E-state index contributed by atoms with van der Waals surface area (Å²) in [5, 5.41) is 0. The smallest absolute Gasteiger partial charge is 0.343 e. The normalized spacial score (nSPS) is 11.7. The van der Waals surface area contributed by atoms with Gasteiger partial charge in [0.2, 0.25) is 0 Å². The number of hydrogen-bond donors (Lipinski definition) is 0. The van der Waals surface area contributed by atoms with Crippen molar-refractivity contribution in [3.63, 3.8) is 0 Å². The van der Waals surface area contributed by atoms with Gasteiger partial charge in [-0.15, -0.1) is 0 Å². The molecule has 0 fully saturated rings. The molecule has 0 N–H and O–H groups in total. The second-order valence-electron chi connectivity index (χ2n) is 9.12. The minimum atomic E-state index is -0.344. The summed E-state index contributed by atoms with van der Waals surface area (Å²) in [6, 6.07) is 23.5. The predicted octanol–water partition coefficient (Wildman–Crippen LogP) is 8.51. The fourth-order valence-corrected chi connectivity index (χ4v) is 3.84. The lowest BCUT2D eigenvalue weighted by Gasteiger charge is -2.10. The van der Waals surface area contributed by atoms with Crippen LogP contribution < -0.4 is 9.47 Å². The van der Waals surface area contributed by atoms with Crippen LogP contribution in [-0.2, 0) is 6.42 Å². The molecule has 3 aromatic carbocycles. The molecular weight excluding hydrogens is 420 g/mol. The molecule has 3 heteroatoms. The SMILES string of the molecule is CCCCCCCOc1ccc(-c2ccc(C(=O)Oc3ccc(CC(C)CC)cc3)cc2)cc1. The first-order valence-electron chi connectivity index (χ1n) is 12.7. The second-order valence-corrected chi connectivity index (χ2v) is 9.12. The molecule has 3 aromatic rings. The summed E-state index contributed by atoms with van der Waals surface area (Å²) in [4.78, 5) is 12.6. The van der Waals surface area contributed by atoms with Crippen LogP contribution in [0.4, 0.5) is 0 Å². The first-order chi connectivity index (χ1) is 16.6. The minimum absolute atomic E-state index is 0.344. The third-order valence-corrected chi connectivity index (χ3v) is 6.24. The van der Waals surface area contributed by atoms with Crippen molar-refractivity contribution in [2.75, 3.05) is 6.61 Å². The summed E-state index contributed by atoms with van der Waals surface area (Å²) < 4.78 is 11.4. The van der Waals surface area contributed by atoms with Crippen molar-refractivity contribution < 1.29 is 14.3 Å². The van der Waals surface area contributed by atoms with E-state index < -0.39 is 0 Å². The molecule has 34 heavy (non-hydrogen) atoms. The van der Waals surface area contributed by atoms with Crippen molar-refractivity contribution in [2.24, 2.45) is 5.92 Å². The number of hydrogen-bond acceptors (Lipinski definition) is 3. The number of carbonyl (C=O) groups is 1. The minimum Gasteiger partial charge on any atom is -0.494 e. The van der Waals surface area contributed by atoms with Gasteiger partial charge in [-0.2, -0.15) is 0 Å². The number of unbranched alkanes of at least 4 members (excludes halogenated alkanes) is 4. The lowest BCUT2D eigenvalue weighted by atomic mass is 9.99. The summed E-state index contributed by atoms with van der Waals surface area (Å²) in [7, 11) is 0. The van der Waals surface area contributed by atoms with Crippen LogP contribution in [-0.4, -0.2) is 12.6 Å². The summed E-state index contributed by atoms with van der Waals surface area (Å²) in [5.74, 6) is 1.78. The third kappa shape index (κ3) is 8.06. The van der Waals surface area contributed by atoms with E-state index in [0.29, 0.717) is 17.2 Å². The van der Waals surface area contributed by atoms with Crippen LogP contribution in [0.15, 0.2) is 72.8 Å². The molecule has 0 aliphatic rings. The van der Waals surface area contributed by atoms with Crippen LogP contribution >= 0.6 is 0 Å². The molecule has 3 nitrogen and oxygen atoms in total. The van der Waals surface area contributed by atoms with E-state index in [1.807, 2.05) is 60.7 Å². The average molecular weight is 459 g/mol. The molecule has 0 aliphatic carbocycles. The van der Waals surface area contributed by atoms with Gasteiger partial charge >= 0.3 is 5.97 Å². The lowest BCUT2D eigenvalue weighted by Crippen LogP contribution is -2.08. The molecule has 180 valence electrons. The lowest BCUT2D eigenvalue weighted by molar-refractivity contribution is 0.0734. The third-order valence-electron chi connectivity index (χ3n) is 6.24. The van der Waals surface area contributed by atoms with Gasteiger partial charge in [0.25, 0.3) is 0 Å². The highest BCUT2D eigenvalue weighted by Crippen LogP contribution is 2.24. The van der Waals surface area contributed by atoms with E-state index in [0.717, 1.165) is 42.7 Å². The van der Waals surface area contributed by atoms with Crippen molar-refractivity contribution in [3.05, 3.63) is 83.9 Å². The van der Waals surface area contributed by atoms with Gasteiger partial charge in [-0.1, -0.05) is 89.3 Å². The maximum atomic E-state index is 12.6. The number of carbonyl (C=O) groups excluding carboxylic acids is 1. The highest BCUT2D eigenvalue weighted by Gasteiger charge is 2.10. The molecular formula is C31H38O3. The zero-order chi connectivity index (χ0) is 24.2. The Balaban J connectivity index is 1.50. The van der Waals surface area contributed by atoms with Gasteiger partial charge in [0.15, 0.2) is 0 Å². The van der Waals surface area contributed by atoms with Crippen LogP contribution in [0.25, 0.3) is 11.1 Å². The zero-order valence-corrected chi connectivity index (χ0v) is 20.9. The maximum Gasteiger partial charge on any atom is 0.343 e. The van der Waals surface area contributed by atoms with E-state index in [9.17, 15) is 4.79 Å². The first-order valence-corrected chi connectivity index (χ1v) is 12.7. The fourth-order valence-electron chi connectivity index (χ4n) is 3.84. The molecule has 0 radical (unpaired) electrons. The van der Waals surface area contributed by atoms with Crippen LogP contribution in [0, 0.1) is 5.92 Å². The Bertz CT molecular complexity index is 988. The van der Waals surface area contributed by atoms with Gasteiger partial charge < -0.3 is 9.47 Å². The molecule has 0 heterocycles. The molecule has 0 aliphatic heterocycles. The summed E-state index contributed by atoms with van der Waals surface area (Å²) in [5.41, 5.74) is 3.95. The number of esters is 1. The molecule has 0 saturated carbocycles. The molecule has 3 rings (SSSR count). The molecule has 0 amide bonds. The highest BCUT2D eigenvalue weighted by molar-refractivity contribution is 5.91. The van der Waals surface area contributed by atoms with Gasteiger partial charge in [-0.25, -0.2) is 4.79 Å². The van der Waals surface area contributed by atoms with Gasteiger partial charge in [-0.3, -0.25) is 0 Å². The van der Waals surface area contributed by atoms with Gasteiger partial charge in [0.05, 0.1) is 12.2 Å². The monoisotopic (exact) mass is 458 g/mol. The fraction of sp³-hybridized carbons (Fsp3) is 0.387. The van der Waals surface area contributed by atoms with Crippen molar-refractivity contribution >= 4 is 5.97 Å². The van der Waals surface area contributed by atoms with E-state index >= 15 is 0 Å².